The van der Waals surface area contributed by atoms with Gasteiger partial charge in [0, 0.05) is 29.9 Å². The summed E-state index contributed by atoms with van der Waals surface area (Å²) in [6, 6.07) is 10.6. The summed E-state index contributed by atoms with van der Waals surface area (Å²) in [6.07, 6.45) is 4.12. The molecule has 7 unspecified atom stereocenters. The van der Waals surface area contributed by atoms with Crippen LogP contribution in [-0.4, -0.2) is 111 Å². The Morgan fingerprint density at radius 3 is 2.63 bits per heavy atom. The van der Waals surface area contributed by atoms with E-state index in [1.165, 1.54) is 28.2 Å². The molecule has 2 saturated heterocycles. The highest BCUT2D eigenvalue weighted by Gasteiger charge is 2.49. The quantitative estimate of drug-likeness (QED) is 0.262. The molecule has 14 nitrogen and oxygen atoms in total. The van der Waals surface area contributed by atoms with Gasteiger partial charge in [0.25, 0.3) is 0 Å². The van der Waals surface area contributed by atoms with Crippen LogP contribution in [0.25, 0.3) is 22.5 Å². The van der Waals surface area contributed by atoms with Gasteiger partial charge in [-0.25, -0.2) is 9.36 Å². The van der Waals surface area contributed by atoms with E-state index in [4.69, 9.17) is 14.2 Å². The van der Waals surface area contributed by atoms with Crippen molar-refractivity contribution < 1.29 is 29.5 Å². The summed E-state index contributed by atoms with van der Waals surface area (Å²) in [4.78, 5) is 0. The summed E-state index contributed by atoms with van der Waals surface area (Å²) in [5.41, 5.74) is 0.732. The van der Waals surface area contributed by atoms with Crippen molar-refractivity contribution in [3.63, 3.8) is 0 Å². The van der Waals surface area contributed by atoms with E-state index in [2.05, 4.69) is 30.8 Å². The Labute approximate surface area is 239 Å². The first-order valence-corrected chi connectivity index (χ1v) is 14.0. The van der Waals surface area contributed by atoms with Gasteiger partial charge in [0.1, 0.15) is 41.2 Å². The van der Waals surface area contributed by atoms with Crippen LogP contribution in [-0.2, 0) is 19.9 Å². The van der Waals surface area contributed by atoms with Gasteiger partial charge in [-0.2, -0.15) is 10.2 Å². The van der Waals surface area contributed by atoms with Crippen molar-refractivity contribution in [2.45, 2.75) is 47.2 Å². The molecule has 2 aliphatic rings. The van der Waals surface area contributed by atoms with Gasteiger partial charge in [-0.05, 0) is 6.07 Å². The largest absolute Gasteiger partial charge is 0.394 e. The molecule has 0 spiro atoms. The molecule has 3 aromatic heterocycles. The first kappa shape index (κ1) is 27.8. The second-order valence-electron chi connectivity index (χ2n) is 10.00. The Bertz CT molecular complexity index is 1430. The van der Waals surface area contributed by atoms with E-state index < -0.39 is 42.1 Å². The number of ether oxygens (including phenoxy) is 3. The minimum Gasteiger partial charge on any atom is -0.394 e. The van der Waals surface area contributed by atoms with Gasteiger partial charge in [0.2, 0.25) is 0 Å². The van der Waals surface area contributed by atoms with Crippen LogP contribution >= 0.6 is 11.8 Å². The number of thioether (sulfide) groups is 1. The fourth-order valence-electron chi connectivity index (χ4n) is 5.20. The van der Waals surface area contributed by atoms with Crippen molar-refractivity contribution in [3.8, 4) is 22.5 Å². The van der Waals surface area contributed by atoms with Crippen LogP contribution in [0.3, 0.4) is 0 Å². The van der Waals surface area contributed by atoms with Crippen molar-refractivity contribution in [3.05, 3.63) is 61.2 Å². The Morgan fingerprint density at radius 1 is 1.07 bits per heavy atom. The third-order valence-corrected chi connectivity index (χ3v) is 8.64. The van der Waals surface area contributed by atoms with Gasteiger partial charge < -0.3 is 29.5 Å². The fourth-order valence-corrected chi connectivity index (χ4v) is 6.75. The third-order valence-electron chi connectivity index (χ3n) is 7.30. The van der Waals surface area contributed by atoms with Crippen LogP contribution in [0.5, 0.6) is 0 Å². The fraction of sp³-hybridized carbons (Fsp3) is 0.462. The van der Waals surface area contributed by atoms with E-state index >= 15 is 0 Å². The van der Waals surface area contributed by atoms with Crippen LogP contribution in [0.4, 0.5) is 0 Å². The maximum absolute atomic E-state index is 11.5. The third kappa shape index (κ3) is 5.61. The summed E-state index contributed by atoms with van der Waals surface area (Å²) < 4.78 is 20.8. The van der Waals surface area contributed by atoms with Crippen LogP contribution in [0.1, 0.15) is 12.5 Å². The van der Waals surface area contributed by atoms with Gasteiger partial charge in [-0.15, -0.1) is 22.0 Å². The van der Waals surface area contributed by atoms with Crippen molar-refractivity contribution >= 4 is 11.8 Å². The monoisotopic (exact) mass is 582 g/mol. The van der Waals surface area contributed by atoms with Crippen molar-refractivity contribution in [2.75, 3.05) is 26.9 Å². The number of hydrogen-bond donors (Lipinski definition) is 3. The van der Waals surface area contributed by atoms with Crippen molar-refractivity contribution in [2.24, 2.45) is 0 Å². The zero-order valence-electron chi connectivity index (χ0n) is 22.1. The molecule has 0 radical (unpaired) electrons. The average Bonchev–Trinajstić information content (AvgIpc) is 3.70. The molecule has 6 rings (SSSR count). The van der Waals surface area contributed by atoms with Gasteiger partial charge in [-0.3, -0.25) is 0 Å². The number of aliphatic hydroxyl groups is 3. The number of rotatable bonds is 8. The molecule has 3 N–H and O–H groups in total. The lowest BCUT2D eigenvalue weighted by atomic mass is 9.97. The number of hydrogen-bond acceptors (Lipinski definition) is 13. The normalized spacial score (nSPS) is 30.3. The smallest absolute Gasteiger partial charge is 0.184 e. The number of aliphatic hydroxyl groups excluding tert-OH is 2. The molecule has 2 fully saturated rings. The molecule has 0 saturated carbocycles. The Balaban J connectivity index is 1.21. The van der Waals surface area contributed by atoms with Crippen LogP contribution < -0.4 is 0 Å². The molecule has 0 amide bonds. The number of methoxy groups -OCH3 is 1. The highest BCUT2D eigenvalue weighted by atomic mass is 32.2. The van der Waals surface area contributed by atoms with Gasteiger partial charge in [0.15, 0.2) is 5.72 Å². The number of nitrogens with zero attached hydrogens (tertiary/aromatic N) is 8. The number of benzene rings is 1. The maximum atomic E-state index is 11.5. The van der Waals surface area contributed by atoms with E-state index in [1.807, 2.05) is 30.3 Å². The maximum Gasteiger partial charge on any atom is 0.184 e. The zero-order valence-corrected chi connectivity index (χ0v) is 22.9. The second kappa shape index (κ2) is 11.9. The second-order valence-corrected chi connectivity index (χ2v) is 11.4. The standard InChI is InChI=1S/C26H30N8O6S/c1-38-24-22(33-11-19(29-31-33)17-7-8-27-28-10-17)23(36)21(13-35)40-25(24)41-18-9-26(37,15-39-14-18)34-12-20(30-32-34)16-5-3-2-4-6-16/h2-8,10-12,18,21-25,35-37H,9,13-15H2,1H3. The summed E-state index contributed by atoms with van der Waals surface area (Å²) in [5.74, 6) is 0. The molecule has 216 valence electrons. The molecule has 5 heterocycles. The molecule has 0 aliphatic carbocycles. The molecular weight excluding hydrogens is 552 g/mol. The van der Waals surface area contributed by atoms with Gasteiger partial charge in [0.05, 0.1) is 44.6 Å². The molecule has 41 heavy (non-hydrogen) atoms. The van der Waals surface area contributed by atoms with E-state index in [0.29, 0.717) is 30.0 Å². The molecule has 15 heteroatoms. The van der Waals surface area contributed by atoms with Gasteiger partial charge in [-0.1, -0.05) is 40.8 Å². The first-order valence-electron chi connectivity index (χ1n) is 13.1. The van der Waals surface area contributed by atoms with E-state index in [-0.39, 0.29) is 11.9 Å². The highest BCUT2D eigenvalue weighted by Crippen LogP contribution is 2.41. The first-order chi connectivity index (χ1) is 20.0. The Kier molecular flexibility index (Phi) is 8.07. The van der Waals surface area contributed by atoms with Gasteiger partial charge >= 0.3 is 0 Å². The molecule has 7 atom stereocenters. The summed E-state index contributed by atoms with van der Waals surface area (Å²) in [7, 11) is 1.53. The predicted octanol–water partition coefficient (Wildman–Crippen LogP) is 0.495. The van der Waals surface area contributed by atoms with E-state index in [9.17, 15) is 15.3 Å². The van der Waals surface area contributed by atoms with E-state index in [1.54, 1.807) is 30.9 Å². The number of aromatic nitrogens is 8. The Hall–Kier alpha value is -3.31. The van der Waals surface area contributed by atoms with Crippen molar-refractivity contribution in [1.82, 2.24) is 40.2 Å². The van der Waals surface area contributed by atoms with Crippen LogP contribution in [0, 0.1) is 0 Å². The molecule has 4 aromatic rings. The lowest BCUT2D eigenvalue weighted by Gasteiger charge is -2.45. The van der Waals surface area contributed by atoms with Crippen molar-refractivity contribution in [1.29, 1.82) is 0 Å². The zero-order chi connectivity index (χ0) is 28.4. The average molecular weight is 583 g/mol. The minimum atomic E-state index is -1.43. The minimum absolute atomic E-state index is 0.0487. The Morgan fingerprint density at radius 2 is 1.88 bits per heavy atom. The molecule has 0 bridgehead atoms. The van der Waals surface area contributed by atoms with Crippen LogP contribution in [0.15, 0.2) is 61.2 Å². The summed E-state index contributed by atoms with van der Waals surface area (Å²) in [6.45, 7) is -0.0105. The lowest BCUT2D eigenvalue weighted by molar-refractivity contribution is -0.187. The SMILES string of the molecule is COC1C(SC2COCC(O)(n3cc(-c4ccccc4)nn3)C2)OC(CO)C(O)C1n1cc(-c2ccnnc2)nn1. The lowest BCUT2D eigenvalue weighted by Crippen LogP contribution is -2.56. The summed E-state index contributed by atoms with van der Waals surface area (Å²) >= 11 is 1.40. The molecule has 1 aromatic carbocycles. The topological polar surface area (TPSA) is 176 Å². The van der Waals surface area contributed by atoms with E-state index in [0.717, 1.165) is 5.56 Å². The molecular formula is C26H30N8O6S. The van der Waals surface area contributed by atoms with Crippen LogP contribution in [0.2, 0.25) is 0 Å². The molecule has 2 aliphatic heterocycles. The summed E-state index contributed by atoms with van der Waals surface area (Å²) in [5, 5.41) is 57.1. The predicted molar refractivity (Wildman–Crippen MR) is 145 cm³/mol. The highest BCUT2D eigenvalue weighted by molar-refractivity contribution is 8.00.